The van der Waals surface area contributed by atoms with Gasteiger partial charge in [0.1, 0.15) is 18.4 Å². The Labute approximate surface area is 70.8 Å². The van der Waals surface area contributed by atoms with E-state index in [0.29, 0.717) is 0 Å². The molecule has 0 bridgehead atoms. The Morgan fingerprint density at radius 2 is 2.25 bits per heavy atom. The van der Waals surface area contributed by atoms with E-state index in [1.807, 2.05) is 32.3 Å². The monoisotopic (exact) mass is 162 g/mol. The van der Waals surface area contributed by atoms with Crippen molar-refractivity contribution >= 4 is 16.9 Å². The van der Waals surface area contributed by atoms with Crippen molar-refractivity contribution in [2.45, 2.75) is 6.92 Å². The van der Waals surface area contributed by atoms with Gasteiger partial charge in [-0.05, 0) is 13.0 Å². The highest BCUT2D eigenvalue weighted by atomic mass is 15.0. The lowest BCUT2D eigenvalue weighted by Crippen LogP contribution is -2.27. The van der Waals surface area contributed by atoms with E-state index in [1.54, 1.807) is 0 Å². The largest absolute Gasteiger partial charge is 0.385 e. The number of aromatic nitrogens is 2. The van der Waals surface area contributed by atoms with E-state index in [0.717, 1.165) is 16.9 Å². The Morgan fingerprint density at radius 3 is 2.92 bits per heavy atom. The number of rotatable bonds is 0. The summed E-state index contributed by atoms with van der Waals surface area (Å²) in [7, 11) is 2.02. The number of hydrogen-bond acceptors (Lipinski definition) is 1. The summed E-state index contributed by atoms with van der Waals surface area (Å²) in [6, 6.07) is 4.02. The fourth-order valence-electron chi connectivity index (χ4n) is 1.55. The Hall–Kier alpha value is -1.51. The van der Waals surface area contributed by atoms with E-state index >= 15 is 0 Å². The molecule has 0 aliphatic heterocycles. The lowest BCUT2D eigenvalue weighted by atomic mass is 10.3. The minimum Gasteiger partial charge on any atom is -0.385 e. The third-order valence-corrected chi connectivity index (χ3v) is 2.21. The summed E-state index contributed by atoms with van der Waals surface area (Å²) in [5, 5.41) is 0. The standard InChI is InChI=1S/C9H11N3/c1-6-8-7(11-9(6)10)4-3-5-12(8)2/h3-5H,1-2H3,(H2,10,11)/p+1. The van der Waals surface area contributed by atoms with Crippen molar-refractivity contribution in [1.82, 2.24) is 4.98 Å². The van der Waals surface area contributed by atoms with Gasteiger partial charge in [-0.15, -0.1) is 0 Å². The molecule has 0 aliphatic carbocycles. The molecule has 0 saturated heterocycles. The number of fused-ring (bicyclic) bond motifs is 1. The van der Waals surface area contributed by atoms with Gasteiger partial charge in [-0.2, -0.15) is 4.57 Å². The predicted octanol–water partition coefficient (Wildman–Crippen LogP) is 0.883. The molecular weight excluding hydrogens is 150 g/mol. The zero-order valence-corrected chi connectivity index (χ0v) is 7.26. The molecule has 2 heterocycles. The second-order valence-corrected chi connectivity index (χ2v) is 3.05. The molecule has 62 valence electrons. The van der Waals surface area contributed by atoms with Gasteiger partial charge in [-0.25, -0.2) is 0 Å². The molecule has 0 saturated carbocycles. The molecule has 3 N–H and O–H groups in total. The van der Waals surface area contributed by atoms with Gasteiger partial charge >= 0.3 is 0 Å². The molecule has 2 aromatic rings. The van der Waals surface area contributed by atoms with E-state index in [1.165, 1.54) is 5.52 Å². The third-order valence-electron chi connectivity index (χ3n) is 2.21. The van der Waals surface area contributed by atoms with Crippen LogP contribution >= 0.6 is 0 Å². The Kier molecular flexibility index (Phi) is 1.33. The van der Waals surface area contributed by atoms with Gasteiger partial charge in [0.2, 0.25) is 5.52 Å². The van der Waals surface area contributed by atoms with E-state index in [4.69, 9.17) is 5.73 Å². The van der Waals surface area contributed by atoms with Crippen molar-refractivity contribution in [3.63, 3.8) is 0 Å². The number of aromatic amines is 1. The van der Waals surface area contributed by atoms with Crippen molar-refractivity contribution in [3.8, 4) is 0 Å². The summed E-state index contributed by atoms with van der Waals surface area (Å²) in [5.41, 5.74) is 9.14. The van der Waals surface area contributed by atoms with Gasteiger partial charge in [0.05, 0.1) is 5.56 Å². The smallest absolute Gasteiger partial charge is 0.235 e. The molecular formula is C9H12N3+. The van der Waals surface area contributed by atoms with Crippen LogP contribution < -0.4 is 10.3 Å². The van der Waals surface area contributed by atoms with Crippen LogP contribution in [0.3, 0.4) is 0 Å². The van der Waals surface area contributed by atoms with Gasteiger partial charge in [-0.1, -0.05) is 0 Å². The maximum absolute atomic E-state index is 5.75. The normalized spacial score (nSPS) is 10.8. The van der Waals surface area contributed by atoms with Gasteiger partial charge in [0, 0.05) is 6.07 Å². The van der Waals surface area contributed by atoms with Crippen LogP contribution in [-0.2, 0) is 7.05 Å². The van der Waals surface area contributed by atoms with Crippen molar-refractivity contribution in [3.05, 3.63) is 23.9 Å². The SMILES string of the molecule is Cc1c(N)[nH]c2ccc[n+](C)c12. The van der Waals surface area contributed by atoms with Crippen molar-refractivity contribution in [1.29, 1.82) is 0 Å². The van der Waals surface area contributed by atoms with Crippen LogP contribution in [0, 0.1) is 6.92 Å². The quantitative estimate of drug-likeness (QED) is 0.555. The molecule has 2 aromatic heterocycles. The molecule has 0 radical (unpaired) electrons. The molecule has 3 nitrogen and oxygen atoms in total. The van der Waals surface area contributed by atoms with Gasteiger partial charge in [-0.3, -0.25) is 0 Å². The summed E-state index contributed by atoms with van der Waals surface area (Å²) in [5.74, 6) is 0.756. The first-order chi connectivity index (χ1) is 5.70. The zero-order valence-electron chi connectivity index (χ0n) is 7.26. The summed E-state index contributed by atoms with van der Waals surface area (Å²) in [6.07, 6.45) is 2.02. The molecule has 2 rings (SSSR count). The second kappa shape index (κ2) is 2.24. The van der Waals surface area contributed by atoms with Crippen LogP contribution in [-0.4, -0.2) is 4.98 Å². The Morgan fingerprint density at radius 1 is 1.50 bits per heavy atom. The van der Waals surface area contributed by atoms with Crippen molar-refractivity contribution < 1.29 is 4.57 Å². The first-order valence-electron chi connectivity index (χ1n) is 3.92. The highest BCUT2D eigenvalue weighted by Crippen LogP contribution is 2.18. The number of anilines is 1. The predicted molar refractivity (Wildman–Crippen MR) is 48.6 cm³/mol. The molecule has 0 amide bonds. The van der Waals surface area contributed by atoms with Crippen LogP contribution in [0.2, 0.25) is 0 Å². The van der Waals surface area contributed by atoms with Crippen LogP contribution in [0.1, 0.15) is 5.56 Å². The fourth-order valence-corrected chi connectivity index (χ4v) is 1.55. The first-order valence-corrected chi connectivity index (χ1v) is 3.92. The average Bonchev–Trinajstić information content (AvgIpc) is 2.29. The van der Waals surface area contributed by atoms with E-state index in [2.05, 4.69) is 9.55 Å². The topological polar surface area (TPSA) is 45.7 Å². The molecule has 0 unspecified atom stereocenters. The van der Waals surface area contributed by atoms with E-state index in [9.17, 15) is 0 Å². The second-order valence-electron chi connectivity index (χ2n) is 3.05. The number of nitrogens with zero attached hydrogens (tertiary/aromatic N) is 1. The zero-order chi connectivity index (χ0) is 8.72. The Bertz CT molecular complexity index is 429. The molecule has 0 spiro atoms. The minimum atomic E-state index is 0.756. The maximum Gasteiger partial charge on any atom is 0.235 e. The molecule has 0 fully saturated rings. The molecule has 0 atom stereocenters. The maximum atomic E-state index is 5.75. The van der Waals surface area contributed by atoms with Crippen LogP contribution in [0.15, 0.2) is 18.3 Å². The van der Waals surface area contributed by atoms with Gasteiger partial charge in [0.15, 0.2) is 6.20 Å². The fraction of sp³-hybridized carbons (Fsp3) is 0.222. The number of H-pyrrole nitrogens is 1. The molecule has 0 aromatic carbocycles. The number of hydrogen-bond donors (Lipinski definition) is 2. The highest BCUT2D eigenvalue weighted by Gasteiger charge is 2.12. The van der Waals surface area contributed by atoms with Crippen molar-refractivity contribution in [2.75, 3.05) is 5.73 Å². The van der Waals surface area contributed by atoms with E-state index in [-0.39, 0.29) is 0 Å². The number of aryl methyl sites for hydroxylation is 2. The summed E-state index contributed by atoms with van der Waals surface area (Å²) < 4.78 is 2.07. The third kappa shape index (κ3) is 0.794. The minimum absolute atomic E-state index is 0.756. The van der Waals surface area contributed by atoms with Crippen LogP contribution in [0.25, 0.3) is 11.0 Å². The van der Waals surface area contributed by atoms with Gasteiger partial charge in [0.25, 0.3) is 0 Å². The number of pyridine rings is 1. The summed E-state index contributed by atoms with van der Waals surface area (Å²) in [4.78, 5) is 3.12. The first kappa shape index (κ1) is 7.16. The number of nitrogens with two attached hydrogens (primary N) is 1. The van der Waals surface area contributed by atoms with Gasteiger partial charge < -0.3 is 10.7 Å². The molecule has 0 aliphatic rings. The Balaban J connectivity index is 2.97. The average molecular weight is 162 g/mol. The van der Waals surface area contributed by atoms with E-state index < -0.39 is 0 Å². The van der Waals surface area contributed by atoms with Crippen LogP contribution in [0.4, 0.5) is 5.82 Å². The number of nitrogen functional groups attached to an aromatic ring is 1. The summed E-state index contributed by atoms with van der Waals surface area (Å²) in [6.45, 7) is 2.02. The lowest BCUT2D eigenvalue weighted by molar-refractivity contribution is -0.645. The molecule has 12 heavy (non-hydrogen) atoms. The summed E-state index contributed by atoms with van der Waals surface area (Å²) >= 11 is 0. The highest BCUT2D eigenvalue weighted by molar-refractivity contribution is 5.81. The van der Waals surface area contributed by atoms with Crippen LogP contribution in [0.5, 0.6) is 0 Å². The lowest BCUT2D eigenvalue weighted by Gasteiger charge is -1.89. The number of nitrogens with one attached hydrogen (secondary N) is 1. The molecule has 3 heteroatoms. The van der Waals surface area contributed by atoms with Crippen molar-refractivity contribution in [2.24, 2.45) is 7.05 Å².